The molecule has 0 saturated carbocycles. The molecule has 1 atom stereocenters. The number of carbonyl (C=O) groups excluding carboxylic acids is 1. The maximum atomic E-state index is 11.6. The van der Waals surface area contributed by atoms with Crippen molar-refractivity contribution in [2.24, 2.45) is 5.92 Å². The van der Waals surface area contributed by atoms with Gasteiger partial charge in [-0.25, -0.2) is 0 Å². The minimum absolute atomic E-state index is 0.340. The van der Waals surface area contributed by atoms with Crippen molar-refractivity contribution in [1.82, 2.24) is 4.90 Å². The van der Waals surface area contributed by atoms with Gasteiger partial charge in [-0.3, -0.25) is 4.79 Å². The molecule has 1 amide bonds. The molecule has 0 aliphatic carbocycles. The van der Waals surface area contributed by atoms with Crippen LogP contribution in [0.1, 0.15) is 51.9 Å². The summed E-state index contributed by atoms with van der Waals surface area (Å²) in [6.45, 7) is 4.15. The SMILES string of the molecule is CCCCCCCCN1CC(CS)CC1=O. The molecular weight excluding hydrogens is 218 g/mol. The van der Waals surface area contributed by atoms with Gasteiger partial charge in [0.15, 0.2) is 0 Å². The van der Waals surface area contributed by atoms with Gasteiger partial charge in [-0.15, -0.1) is 0 Å². The molecule has 1 saturated heterocycles. The van der Waals surface area contributed by atoms with E-state index in [4.69, 9.17) is 0 Å². The van der Waals surface area contributed by atoms with Crippen LogP contribution in [-0.4, -0.2) is 29.6 Å². The molecule has 1 aliphatic heterocycles. The van der Waals surface area contributed by atoms with E-state index in [1.807, 2.05) is 4.90 Å². The molecule has 3 heteroatoms. The topological polar surface area (TPSA) is 20.3 Å². The Kier molecular flexibility index (Phi) is 6.93. The van der Waals surface area contributed by atoms with Gasteiger partial charge < -0.3 is 4.90 Å². The predicted octanol–water partition coefficient (Wildman–Crippen LogP) is 3.13. The number of hydrogen-bond acceptors (Lipinski definition) is 2. The van der Waals surface area contributed by atoms with Crippen molar-refractivity contribution in [1.29, 1.82) is 0 Å². The standard InChI is InChI=1S/C13H25NOS/c1-2-3-4-5-6-7-8-14-10-12(11-16)9-13(14)15/h12,16H,2-11H2,1H3. The fourth-order valence-corrected chi connectivity index (χ4v) is 2.52. The normalized spacial score (nSPS) is 20.8. The second kappa shape index (κ2) is 7.99. The number of carbonyl (C=O) groups is 1. The second-order valence-electron chi connectivity index (χ2n) is 4.86. The van der Waals surface area contributed by atoms with Crippen molar-refractivity contribution in [2.45, 2.75) is 51.9 Å². The lowest BCUT2D eigenvalue weighted by molar-refractivity contribution is -0.127. The van der Waals surface area contributed by atoms with Gasteiger partial charge in [0, 0.05) is 19.5 Å². The van der Waals surface area contributed by atoms with Crippen LogP contribution in [0.25, 0.3) is 0 Å². The Morgan fingerprint density at radius 2 is 1.94 bits per heavy atom. The van der Waals surface area contributed by atoms with Crippen molar-refractivity contribution in [2.75, 3.05) is 18.8 Å². The van der Waals surface area contributed by atoms with Gasteiger partial charge >= 0.3 is 0 Å². The van der Waals surface area contributed by atoms with Crippen LogP contribution in [0.4, 0.5) is 0 Å². The Bertz CT molecular complexity index is 208. The van der Waals surface area contributed by atoms with Gasteiger partial charge in [0.2, 0.25) is 5.91 Å². The zero-order valence-corrected chi connectivity index (χ0v) is 11.3. The monoisotopic (exact) mass is 243 g/mol. The lowest BCUT2D eigenvalue weighted by Gasteiger charge is -2.15. The molecule has 0 N–H and O–H groups in total. The van der Waals surface area contributed by atoms with Crippen LogP contribution in [0.5, 0.6) is 0 Å². The molecule has 2 nitrogen and oxygen atoms in total. The largest absolute Gasteiger partial charge is 0.342 e. The Morgan fingerprint density at radius 3 is 2.56 bits per heavy atom. The zero-order chi connectivity index (χ0) is 11.8. The van der Waals surface area contributed by atoms with Crippen LogP contribution >= 0.6 is 12.6 Å². The van der Waals surface area contributed by atoms with Gasteiger partial charge in [-0.2, -0.15) is 12.6 Å². The van der Waals surface area contributed by atoms with Crippen molar-refractivity contribution in [3.05, 3.63) is 0 Å². The number of nitrogens with zero attached hydrogens (tertiary/aromatic N) is 1. The maximum absolute atomic E-state index is 11.6. The molecule has 16 heavy (non-hydrogen) atoms. The number of likely N-dealkylation sites (tertiary alicyclic amines) is 1. The Labute approximate surface area is 105 Å². The summed E-state index contributed by atoms with van der Waals surface area (Å²) in [6, 6.07) is 0. The summed E-state index contributed by atoms with van der Waals surface area (Å²) in [5.41, 5.74) is 0. The summed E-state index contributed by atoms with van der Waals surface area (Å²) in [6.07, 6.45) is 8.50. The van der Waals surface area contributed by atoms with E-state index < -0.39 is 0 Å². The fourth-order valence-electron chi connectivity index (χ4n) is 2.28. The minimum atomic E-state index is 0.340. The molecule has 1 fully saturated rings. The molecule has 0 bridgehead atoms. The average Bonchev–Trinajstić information content (AvgIpc) is 2.65. The van der Waals surface area contributed by atoms with Crippen LogP contribution in [0.15, 0.2) is 0 Å². The quantitative estimate of drug-likeness (QED) is 0.513. The smallest absolute Gasteiger partial charge is 0.222 e. The summed E-state index contributed by atoms with van der Waals surface area (Å²) in [5.74, 6) is 1.68. The minimum Gasteiger partial charge on any atom is -0.342 e. The van der Waals surface area contributed by atoms with E-state index in [-0.39, 0.29) is 0 Å². The molecule has 0 spiro atoms. The van der Waals surface area contributed by atoms with Crippen molar-refractivity contribution in [3.63, 3.8) is 0 Å². The Morgan fingerprint density at radius 1 is 1.25 bits per heavy atom. The lowest BCUT2D eigenvalue weighted by Crippen LogP contribution is -2.26. The first-order valence-corrected chi connectivity index (χ1v) is 7.29. The Hall–Kier alpha value is -0.180. The molecule has 0 aromatic rings. The summed E-state index contributed by atoms with van der Waals surface area (Å²) < 4.78 is 0. The zero-order valence-electron chi connectivity index (χ0n) is 10.5. The summed E-state index contributed by atoms with van der Waals surface area (Å²) >= 11 is 4.27. The first-order valence-electron chi connectivity index (χ1n) is 6.66. The van der Waals surface area contributed by atoms with Gasteiger partial charge in [0.05, 0.1) is 0 Å². The molecular formula is C13H25NOS. The highest BCUT2D eigenvalue weighted by atomic mass is 32.1. The molecule has 1 heterocycles. The van der Waals surface area contributed by atoms with E-state index in [0.717, 1.165) is 25.3 Å². The van der Waals surface area contributed by atoms with Gasteiger partial charge in [0.1, 0.15) is 0 Å². The first-order chi connectivity index (χ1) is 7.77. The molecule has 0 aromatic heterocycles. The van der Waals surface area contributed by atoms with Crippen molar-refractivity contribution < 1.29 is 4.79 Å². The van der Waals surface area contributed by atoms with E-state index in [1.165, 1.54) is 38.5 Å². The van der Waals surface area contributed by atoms with Crippen LogP contribution in [-0.2, 0) is 4.79 Å². The van der Waals surface area contributed by atoms with Crippen LogP contribution < -0.4 is 0 Å². The van der Waals surface area contributed by atoms with Crippen LogP contribution in [0.2, 0.25) is 0 Å². The second-order valence-corrected chi connectivity index (χ2v) is 5.23. The van der Waals surface area contributed by atoms with Gasteiger partial charge in [0.25, 0.3) is 0 Å². The third-order valence-electron chi connectivity index (χ3n) is 3.33. The van der Waals surface area contributed by atoms with E-state index in [1.54, 1.807) is 0 Å². The first kappa shape index (κ1) is 13.9. The maximum Gasteiger partial charge on any atom is 0.222 e. The molecule has 0 radical (unpaired) electrons. The number of rotatable bonds is 8. The summed E-state index contributed by atoms with van der Waals surface area (Å²) in [5, 5.41) is 0. The third-order valence-corrected chi connectivity index (χ3v) is 3.85. The average molecular weight is 243 g/mol. The molecule has 1 aliphatic rings. The fraction of sp³-hybridized carbons (Fsp3) is 0.923. The number of unbranched alkanes of at least 4 members (excludes halogenated alkanes) is 5. The summed E-state index contributed by atoms with van der Waals surface area (Å²) in [4.78, 5) is 13.6. The van der Waals surface area contributed by atoms with Crippen molar-refractivity contribution in [3.8, 4) is 0 Å². The third kappa shape index (κ3) is 4.77. The van der Waals surface area contributed by atoms with E-state index >= 15 is 0 Å². The highest BCUT2D eigenvalue weighted by Gasteiger charge is 2.27. The Balaban J connectivity index is 2.03. The van der Waals surface area contributed by atoms with Gasteiger partial charge in [-0.1, -0.05) is 39.0 Å². The number of amides is 1. The summed E-state index contributed by atoms with van der Waals surface area (Å²) in [7, 11) is 0. The van der Waals surface area contributed by atoms with Crippen LogP contribution in [0, 0.1) is 5.92 Å². The van der Waals surface area contributed by atoms with E-state index in [9.17, 15) is 4.79 Å². The van der Waals surface area contributed by atoms with E-state index in [2.05, 4.69) is 19.6 Å². The van der Waals surface area contributed by atoms with Crippen molar-refractivity contribution >= 4 is 18.5 Å². The van der Waals surface area contributed by atoms with Gasteiger partial charge in [-0.05, 0) is 18.1 Å². The molecule has 1 unspecified atom stereocenters. The molecule has 1 rings (SSSR count). The van der Waals surface area contributed by atoms with Crippen LogP contribution in [0.3, 0.4) is 0 Å². The van der Waals surface area contributed by atoms with E-state index in [0.29, 0.717) is 11.8 Å². The highest BCUT2D eigenvalue weighted by molar-refractivity contribution is 7.80. The molecule has 0 aromatic carbocycles. The number of thiol groups is 1. The highest BCUT2D eigenvalue weighted by Crippen LogP contribution is 2.19. The number of hydrogen-bond donors (Lipinski definition) is 1. The lowest BCUT2D eigenvalue weighted by atomic mass is 10.1. The molecule has 94 valence electrons. The predicted molar refractivity (Wildman–Crippen MR) is 71.9 cm³/mol.